The number of benzene rings is 2. The number of nitrogens with one attached hydrogen (secondary N) is 2. The van der Waals surface area contributed by atoms with Crippen LogP contribution in [-0.4, -0.2) is 34.1 Å². The fourth-order valence-corrected chi connectivity index (χ4v) is 2.80. The van der Waals surface area contributed by atoms with Crippen molar-refractivity contribution in [2.24, 2.45) is 0 Å². The summed E-state index contributed by atoms with van der Waals surface area (Å²) in [6, 6.07) is 23.3. The molecule has 27 heavy (non-hydrogen) atoms. The van der Waals surface area contributed by atoms with Gasteiger partial charge in [0.15, 0.2) is 0 Å². The second-order valence-corrected chi connectivity index (χ2v) is 6.62. The molecule has 138 valence electrons. The molecule has 0 radical (unpaired) electrons. The minimum atomic E-state index is 0.567. The zero-order valence-electron chi connectivity index (χ0n) is 15.0. The summed E-state index contributed by atoms with van der Waals surface area (Å²) >= 11 is 11.0. The second kappa shape index (κ2) is 8.66. The molecular weight excluding hydrogens is 376 g/mol. The lowest BCUT2D eigenvalue weighted by molar-refractivity contribution is 0.505. The molecule has 0 aliphatic carbocycles. The van der Waals surface area contributed by atoms with Gasteiger partial charge in [-0.2, -0.15) is 0 Å². The zero-order chi connectivity index (χ0) is 19.2. The largest absolute Gasteiger partial charge is 0.422 e. The fourth-order valence-electron chi connectivity index (χ4n) is 2.44. The van der Waals surface area contributed by atoms with Gasteiger partial charge in [-0.05, 0) is 0 Å². The molecule has 7 heteroatoms. The van der Waals surface area contributed by atoms with Crippen molar-refractivity contribution < 1.29 is 4.42 Å². The van der Waals surface area contributed by atoms with Crippen molar-refractivity contribution in [2.45, 2.75) is 0 Å². The third-order valence-electron chi connectivity index (χ3n) is 3.81. The van der Waals surface area contributed by atoms with Gasteiger partial charge in [0.1, 0.15) is 9.98 Å². The van der Waals surface area contributed by atoms with Crippen LogP contribution in [-0.2, 0) is 0 Å². The van der Waals surface area contributed by atoms with Gasteiger partial charge in [-0.25, -0.2) is 0 Å². The molecular formula is C20H20N4OS2. The summed E-state index contributed by atoms with van der Waals surface area (Å²) < 4.78 is 5.77. The average Bonchev–Trinajstić information content (AvgIpc) is 3.14. The van der Waals surface area contributed by atoms with Gasteiger partial charge in [0.25, 0.3) is 0 Å². The first kappa shape index (κ1) is 18.9. The second-order valence-electron chi connectivity index (χ2n) is 5.85. The highest BCUT2D eigenvalue weighted by atomic mass is 32.1. The highest BCUT2D eigenvalue weighted by molar-refractivity contribution is 7.80. The molecule has 0 atom stereocenters. The zero-order valence-corrected chi connectivity index (χ0v) is 16.7. The van der Waals surface area contributed by atoms with Crippen LogP contribution in [0.3, 0.4) is 0 Å². The quantitative estimate of drug-likeness (QED) is 0.468. The van der Waals surface area contributed by atoms with Gasteiger partial charge in [0, 0.05) is 37.4 Å². The monoisotopic (exact) mass is 396 g/mol. The predicted molar refractivity (Wildman–Crippen MR) is 118 cm³/mol. The maximum atomic E-state index is 5.77. The standard InChI is InChI=1S/C20H20N4OS2/c1-23(19(26)15-9-5-3-6-10-15)21-17-13-14-18(25-17)22-24(2)20(27)16-11-7-4-8-12-16/h3-14,21-22H,1-2H3. The van der Waals surface area contributed by atoms with Gasteiger partial charge < -0.3 is 4.42 Å². The van der Waals surface area contributed by atoms with Crippen molar-refractivity contribution in [3.63, 3.8) is 0 Å². The van der Waals surface area contributed by atoms with E-state index in [4.69, 9.17) is 28.9 Å². The normalized spacial score (nSPS) is 10.1. The molecule has 0 aliphatic heterocycles. The molecule has 0 bridgehead atoms. The fraction of sp³-hybridized carbons (Fsp3) is 0.100. The van der Waals surface area contributed by atoms with E-state index in [1.54, 1.807) is 10.0 Å². The van der Waals surface area contributed by atoms with Crippen molar-refractivity contribution in [1.82, 2.24) is 10.0 Å². The van der Waals surface area contributed by atoms with E-state index in [1.165, 1.54) is 0 Å². The third kappa shape index (κ3) is 4.84. The molecule has 0 fully saturated rings. The van der Waals surface area contributed by atoms with Gasteiger partial charge in [-0.15, -0.1) is 0 Å². The Morgan fingerprint density at radius 1 is 0.667 bits per heavy atom. The molecule has 2 N–H and O–H groups in total. The lowest BCUT2D eigenvalue weighted by Gasteiger charge is -2.21. The van der Waals surface area contributed by atoms with E-state index >= 15 is 0 Å². The lowest BCUT2D eigenvalue weighted by atomic mass is 10.2. The van der Waals surface area contributed by atoms with E-state index in [0.29, 0.717) is 21.7 Å². The van der Waals surface area contributed by atoms with Crippen molar-refractivity contribution in [3.8, 4) is 0 Å². The Hall–Kier alpha value is -2.90. The smallest absolute Gasteiger partial charge is 0.214 e. The summed E-state index contributed by atoms with van der Waals surface area (Å²) in [4.78, 5) is 1.34. The van der Waals surface area contributed by atoms with Gasteiger partial charge >= 0.3 is 0 Å². The first-order valence-electron chi connectivity index (χ1n) is 8.34. The number of rotatable bonds is 6. The Morgan fingerprint density at radius 3 is 1.41 bits per heavy atom. The van der Waals surface area contributed by atoms with Crippen LogP contribution in [0.1, 0.15) is 11.1 Å². The Kier molecular flexibility index (Phi) is 6.05. The van der Waals surface area contributed by atoms with E-state index in [1.807, 2.05) is 86.9 Å². The summed E-state index contributed by atoms with van der Waals surface area (Å²) in [5.74, 6) is 1.13. The number of anilines is 2. The van der Waals surface area contributed by atoms with E-state index in [2.05, 4.69) is 10.9 Å². The van der Waals surface area contributed by atoms with Gasteiger partial charge in [0.05, 0.1) is 0 Å². The third-order valence-corrected chi connectivity index (χ3v) is 4.83. The summed E-state index contributed by atoms with van der Waals surface area (Å²) in [6.07, 6.45) is 0. The van der Waals surface area contributed by atoms with E-state index in [9.17, 15) is 0 Å². The molecule has 1 heterocycles. The van der Waals surface area contributed by atoms with Gasteiger partial charge in [-0.1, -0.05) is 85.1 Å². The highest BCUT2D eigenvalue weighted by Crippen LogP contribution is 2.20. The van der Waals surface area contributed by atoms with E-state index in [-0.39, 0.29) is 0 Å². The number of hydrogen-bond acceptors (Lipinski definition) is 5. The van der Waals surface area contributed by atoms with Crippen LogP contribution >= 0.6 is 24.4 Å². The number of nitrogens with zero attached hydrogens (tertiary/aromatic N) is 2. The predicted octanol–water partition coefficient (Wildman–Crippen LogP) is 4.55. The Morgan fingerprint density at radius 2 is 1.04 bits per heavy atom. The minimum Gasteiger partial charge on any atom is -0.422 e. The topological polar surface area (TPSA) is 43.7 Å². The molecule has 3 rings (SSSR count). The van der Waals surface area contributed by atoms with E-state index < -0.39 is 0 Å². The first-order chi connectivity index (χ1) is 13.0. The van der Waals surface area contributed by atoms with Crippen LogP contribution in [0.25, 0.3) is 0 Å². The summed E-state index contributed by atoms with van der Waals surface area (Å²) in [7, 11) is 3.70. The molecule has 0 unspecified atom stereocenters. The maximum Gasteiger partial charge on any atom is 0.214 e. The van der Waals surface area contributed by atoms with Gasteiger partial charge in [0.2, 0.25) is 11.8 Å². The summed E-state index contributed by atoms with van der Waals surface area (Å²) in [5.41, 5.74) is 8.17. The van der Waals surface area contributed by atoms with Crippen LogP contribution in [0.4, 0.5) is 11.8 Å². The highest BCUT2D eigenvalue weighted by Gasteiger charge is 2.11. The maximum absolute atomic E-state index is 5.77. The SMILES string of the molecule is CN(Nc1ccc(NN(C)C(=S)c2ccccc2)o1)C(=S)c1ccccc1. The van der Waals surface area contributed by atoms with Crippen LogP contribution in [0.5, 0.6) is 0 Å². The minimum absolute atomic E-state index is 0.567. The number of hydrogen-bond donors (Lipinski definition) is 2. The molecule has 5 nitrogen and oxygen atoms in total. The molecule has 0 spiro atoms. The summed E-state index contributed by atoms with van der Waals surface area (Å²) in [5, 5.41) is 3.48. The lowest BCUT2D eigenvalue weighted by Crippen LogP contribution is -2.31. The molecule has 1 aromatic heterocycles. The number of furan rings is 1. The molecule has 3 aromatic rings. The number of hydrazine groups is 2. The van der Waals surface area contributed by atoms with Crippen LogP contribution in [0, 0.1) is 0 Å². The molecule has 0 aliphatic rings. The number of thiocarbonyl (C=S) groups is 2. The molecule has 0 amide bonds. The summed E-state index contributed by atoms with van der Waals surface area (Å²) in [6.45, 7) is 0. The average molecular weight is 397 g/mol. The Balaban J connectivity index is 1.60. The van der Waals surface area contributed by atoms with Crippen molar-refractivity contribution in [1.29, 1.82) is 0 Å². The molecule has 2 aromatic carbocycles. The Labute approximate surface area is 169 Å². The molecule has 0 saturated heterocycles. The van der Waals surface area contributed by atoms with Crippen molar-refractivity contribution in [3.05, 3.63) is 83.9 Å². The van der Waals surface area contributed by atoms with Crippen LogP contribution < -0.4 is 10.9 Å². The molecule has 0 saturated carbocycles. The van der Waals surface area contributed by atoms with Gasteiger partial charge in [-0.3, -0.25) is 20.9 Å². The first-order valence-corrected chi connectivity index (χ1v) is 9.15. The van der Waals surface area contributed by atoms with Crippen LogP contribution in [0.2, 0.25) is 0 Å². The van der Waals surface area contributed by atoms with Crippen LogP contribution in [0.15, 0.2) is 77.2 Å². The van der Waals surface area contributed by atoms with E-state index in [0.717, 1.165) is 11.1 Å². The van der Waals surface area contributed by atoms with Crippen molar-refractivity contribution in [2.75, 3.05) is 24.9 Å². The van der Waals surface area contributed by atoms with Crippen molar-refractivity contribution >= 4 is 46.2 Å². The Bertz CT molecular complexity index is 838.